The lowest BCUT2D eigenvalue weighted by molar-refractivity contribution is -0.139. The van der Waals surface area contributed by atoms with E-state index >= 15 is 0 Å². The summed E-state index contributed by atoms with van der Waals surface area (Å²) < 4.78 is 13.1. The number of carbonyl (C=O) groups excluding carboxylic acids is 2. The van der Waals surface area contributed by atoms with Crippen molar-refractivity contribution >= 4 is 11.8 Å². The minimum Gasteiger partial charge on any atom is -0.278 e. The van der Waals surface area contributed by atoms with Gasteiger partial charge in [-0.15, -0.1) is 0 Å². The normalized spacial score (nSPS) is 19.2. The van der Waals surface area contributed by atoms with Crippen molar-refractivity contribution < 1.29 is 14.0 Å². The zero-order chi connectivity index (χ0) is 13.3. The topological polar surface area (TPSA) is 61.2 Å². The highest BCUT2D eigenvalue weighted by Crippen LogP contribution is 2.22. The summed E-state index contributed by atoms with van der Waals surface area (Å²) >= 11 is 0. The van der Waals surface area contributed by atoms with Gasteiger partial charge in [0, 0.05) is 12.3 Å². The first kappa shape index (κ1) is 12.2. The van der Waals surface area contributed by atoms with E-state index in [1.807, 2.05) is 6.07 Å². The van der Waals surface area contributed by atoms with Gasteiger partial charge in [-0.2, -0.15) is 5.26 Å². The Morgan fingerprint density at radius 1 is 1.50 bits per heavy atom. The lowest BCUT2D eigenvalue weighted by Crippen LogP contribution is -2.30. The third kappa shape index (κ3) is 2.09. The molecule has 1 aliphatic heterocycles. The van der Waals surface area contributed by atoms with E-state index in [1.54, 1.807) is 6.92 Å². The van der Waals surface area contributed by atoms with Crippen molar-refractivity contribution in [1.82, 2.24) is 4.90 Å². The Morgan fingerprint density at radius 3 is 2.78 bits per heavy atom. The molecule has 0 saturated carbocycles. The van der Waals surface area contributed by atoms with Gasteiger partial charge in [0.1, 0.15) is 5.82 Å². The van der Waals surface area contributed by atoms with Crippen LogP contribution in [0.5, 0.6) is 0 Å². The van der Waals surface area contributed by atoms with Crippen LogP contribution in [0.4, 0.5) is 4.39 Å². The molecule has 2 rings (SSSR count). The summed E-state index contributed by atoms with van der Waals surface area (Å²) in [5.41, 5.74) is 0.629. The highest BCUT2D eigenvalue weighted by molar-refractivity contribution is 6.03. The fraction of sp³-hybridized carbons (Fsp3) is 0.308. The Balaban J connectivity index is 2.30. The molecule has 2 amide bonds. The molecule has 1 heterocycles. The molecule has 92 valence electrons. The average molecular weight is 246 g/mol. The predicted octanol–water partition coefficient (Wildman–Crippen LogP) is 1.59. The van der Waals surface area contributed by atoms with Crippen molar-refractivity contribution in [2.75, 3.05) is 0 Å². The first-order chi connectivity index (χ1) is 8.52. The van der Waals surface area contributed by atoms with E-state index < -0.39 is 5.82 Å². The number of hydrogen-bond acceptors (Lipinski definition) is 3. The minimum absolute atomic E-state index is 0.0390. The van der Waals surface area contributed by atoms with E-state index in [2.05, 4.69) is 0 Å². The lowest BCUT2D eigenvalue weighted by atomic mass is 10.1. The quantitative estimate of drug-likeness (QED) is 0.744. The van der Waals surface area contributed by atoms with Crippen LogP contribution < -0.4 is 0 Å². The molecule has 18 heavy (non-hydrogen) atoms. The van der Waals surface area contributed by atoms with Crippen LogP contribution in [0, 0.1) is 23.1 Å². The molecule has 1 unspecified atom stereocenters. The Hall–Kier alpha value is -2.22. The average Bonchev–Trinajstić information content (AvgIpc) is 2.56. The van der Waals surface area contributed by atoms with Crippen LogP contribution in [-0.2, 0) is 16.1 Å². The largest absolute Gasteiger partial charge is 0.278 e. The van der Waals surface area contributed by atoms with Gasteiger partial charge in [0.25, 0.3) is 0 Å². The molecule has 5 heteroatoms. The number of amides is 2. The number of hydrogen-bond donors (Lipinski definition) is 0. The van der Waals surface area contributed by atoms with E-state index in [0.29, 0.717) is 5.56 Å². The third-order valence-electron chi connectivity index (χ3n) is 2.99. The molecule has 1 saturated heterocycles. The molecule has 1 aromatic rings. The Morgan fingerprint density at radius 2 is 2.22 bits per heavy atom. The standard InChI is InChI=1S/C13H11FN2O2/c1-8-4-12(17)16(13(8)18)7-10-5-11(14)3-2-9(10)6-15/h2-3,5,8H,4,7H2,1H3. The van der Waals surface area contributed by atoms with Crippen LogP contribution in [0.3, 0.4) is 0 Å². The fourth-order valence-electron chi connectivity index (χ4n) is 1.99. The van der Waals surface area contributed by atoms with Crippen molar-refractivity contribution in [1.29, 1.82) is 5.26 Å². The van der Waals surface area contributed by atoms with Gasteiger partial charge in [-0.25, -0.2) is 4.39 Å². The Bertz CT molecular complexity index is 563. The van der Waals surface area contributed by atoms with Gasteiger partial charge in [0.05, 0.1) is 18.2 Å². The predicted molar refractivity (Wildman–Crippen MR) is 60.5 cm³/mol. The Labute approximate surface area is 104 Å². The van der Waals surface area contributed by atoms with Gasteiger partial charge in [-0.3, -0.25) is 14.5 Å². The zero-order valence-corrected chi connectivity index (χ0v) is 9.81. The summed E-state index contributed by atoms with van der Waals surface area (Å²) in [7, 11) is 0. The molecule has 1 atom stereocenters. The van der Waals surface area contributed by atoms with Crippen LogP contribution in [-0.4, -0.2) is 16.7 Å². The van der Waals surface area contributed by atoms with Gasteiger partial charge < -0.3 is 0 Å². The van der Waals surface area contributed by atoms with Crippen molar-refractivity contribution in [2.45, 2.75) is 19.9 Å². The molecular weight excluding hydrogens is 235 g/mol. The smallest absolute Gasteiger partial charge is 0.232 e. The number of imide groups is 1. The van der Waals surface area contributed by atoms with E-state index in [4.69, 9.17) is 5.26 Å². The van der Waals surface area contributed by atoms with Crippen molar-refractivity contribution in [3.63, 3.8) is 0 Å². The zero-order valence-electron chi connectivity index (χ0n) is 9.81. The molecule has 0 bridgehead atoms. The lowest BCUT2D eigenvalue weighted by Gasteiger charge is -2.15. The maximum atomic E-state index is 13.1. The van der Waals surface area contributed by atoms with E-state index in [9.17, 15) is 14.0 Å². The number of nitriles is 1. The second-order valence-electron chi connectivity index (χ2n) is 4.34. The van der Waals surface area contributed by atoms with E-state index in [1.165, 1.54) is 18.2 Å². The fourth-order valence-corrected chi connectivity index (χ4v) is 1.99. The molecule has 1 aromatic carbocycles. The number of nitrogens with zero attached hydrogens (tertiary/aromatic N) is 2. The summed E-state index contributed by atoms with van der Waals surface area (Å²) in [5.74, 6) is -1.37. The molecule has 0 radical (unpaired) electrons. The summed E-state index contributed by atoms with van der Waals surface area (Å²) in [6.45, 7) is 1.64. The maximum absolute atomic E-state index is 13.1. The molecule has 0 spiro atoms. The maximum Gasteiger partial charge on any atom is 0.232 e. The minimum atomic E-state index is -0.490. The second-order valence-corrected chi connectivity index (χ2v) is 4.34. The van der Waals surface area contributed by atoms with E-state index in [-0.39, 0.29) is 36.3 Å². The van der Waals surface area contributed by atoms with Crippen molar-refractivity contribution in [2.24, 2.45) is 5.92 Å². The molecule has 1 aliphatic rings. The number of rotatable bonds is 2. The number of carbonyl (C=O) groups is 2. The Kier molecular flexibility index (Phi) is 3.11. The van der Waals surface area contributed by atoms with Gasteiger partial charge in [0.2, 0.25) is 11.8 Å². The highest BCUT2D eigenvalue weighted by atomic mass is 19.1. The molecule has 0 N–H and O–H groups in total. The van der Waals surface area contributed by atoms with Crippen LogP contribution in [0.1, 0.15) is 24.5 Å². The molecule has 0 aliphatic carbocycles. The van der Waals surface area contributed by atoms with Crippen molar-refractivity contribution in [3.8, 4) is 6.07 Å². The van der Waals surface area contributed by atoms with Crippen LogP contribution in [0.2, 0.25) is 0 Å². The number of likely N-dealkylation sites (tertiary alicyclic amines) is 1. The summed E-state index contributed by atoms with van der Waals surface area (Å²) in [5, 5.41) is 8.91. The SMILES string of the molecule is CC1CC(=O)N(Cc2cc(F)ccc2C#N)C1=O. The van der Waals surface area contributed by atoms with Gasteiger partial charge in [0.15, 0.2) is 0 Å². The summed E-state index contributed by atoms with van der Waals surface area (Å²) in [4.78, 5) is 24.4. The van der Waals surface area contributed by atoms with E-state index in [0.717, 1.165) is 4.90 Å². The third-order valence-corrected chi connectivity index (χ3v) is 2.99. The van der Waals surface area contributed by atoms with Crippen molar-refractivity contribution in [3.05, 3.63) is 35.1 Å². The first-order valence-corrected chi connectivity index (χ1v) is 5.55. The second kappa shape index (κ2) is 4.57. The van der Waals surface area contributed by atoms with Gasteiger partial charge in [-0.1, -0.05) is 6.92 Å². The van der Waals surface area contributed by atoms with Crippen LogP contribution >= 0.6 is 0 Å². The molecular formula is C13H11FN2O2. The summed E-state index contributed by atoms with van der Waals surface area (Å²) in [6, 6.07) is 5.63. The highest BCUT2D eigenvalue weighted by Gasteiger charge is 2.35. The summed E-state index contributed by atoms with van der Waals surface area (Å²) in [6.07, 6.45) is 0.177. The monoisotopic (exact) mass is 246 g/mol. The first-order valence-electron chi connectivity index (χ1n) is 5.55. The van der Waals surface area contributed by atoms with Gasteiger partial charge in [-0.05, 0) is 23.8 Å². The number of halogens is 1. The van der Waals surface area contributed by atoms with Gasteiger partial charge >= 0.3 is 0 Å². The van der Waals surface area contributed by atoms with Crippen LogP contribution in [0.15, 0.2) is 18.2 Å². The molecule has 0 aromatic heterocycles. The van der Waals surface area contributed by atoms with Crippen LogP contribution in [0.25, 0.3) is 0 Å². The molecule has 1 fully saturated rings. The molecule has 4 nitrogen and oxygen atoms in total. The number of benzene rings is 1.